The first kappa shape index (κ1) is 13.6. The van der Waals surface area contributed by atoms with Crippen molar-refractivity contribution < 1.29 is 9.90 Å². The lowest BCUT2D eigenvalue weighted by Crippen LogP contribution is -2.26. The third kappa shape index (κ3) is 2.62. The van der Waals surface area contributed by atoms with E-state index in [0.717, 1.165) is 4.68 Å². The molecule has 0 aliphatic heterocycles. The molecule has 1 aromatic heterocycles. The van der Waals surface area contributed by atoms with Crippen molar-refractivity contribution in [2.24, 2.45) is 7.05 Å². The fraction of sp³-hybridized carbons (Fsp3) is 0.0833. The fourth-order valence-corrected chi connectivity index (χ4v) is 2.10. The van der Waals surface area contributed by atoms with Crippen LogP contribution >= 0.6 is 23.2 Å². The van der Waals surface area contributed by atoms with Crippen molar-refractivity contribution in [1.82, 2.24) is 9.78 Å². The Morgan fingerprint density at radius 2 is 2.00 bits per heavy atom. The number of carboxylic acid groups (broad SMARTS) is 1. The molecule has 0 aliphatic carbocycles. The Morgan fingerprint density at radius 1 is 1.32 bits per heavy atom. The Kier molecular flexibility index (Phi) is 3.59. The zero-order valence-electron chi connectivity index (χ0n) is 9.72. The van der Waals surface area contributed by atoms with Gasteiger partial charge in [-0.2, -0.15) is 5.10 Å². The molecule has 0 fully saturated rings. The molecule has 98 valence electrons. The first-order chi connectivity index (χ1) is 8.90. The fourth-order valence-electron chi connectivity index (χ4n) is 1.59. The number of halogens is 2. The van der Waals surface area contributed by atoms with E-state index in [2.05, 4.69) is 5.10 Å². The van der Waals surface area contributed by atoms with Crippen molar-refractivity contribution in [2.75, 3.05) is 0 Å². The van der Waals surface area contributed by atoms with E-state index in [1.807, 2.05) is 0 Å². The second-order valence-corrected chi connectivity index (χ2v) is 4.64. The summed E-state index contributed by atoms with van der Waals surface area (Å²) in [5, 5.41) is 13.8. The highest BCUT2D eigenvalue weighted by molar-refractivity contribution is 6.36. The summed E-state index contributed by atoms with van der Waals surface area (Å²) in [7, 11) is 1.38. The lowest BCUT2D eigenvalue weighted by Gasteiger charge is -2.07. The lowest BCUT2D eigenvalue weighted by atomic mass is 10.1. The molecular formula is C12H8Cl2N2O3. The Hall–Kier alpha value is -1.85. The average molecular weight is 299 g/mol. The minimum Gasteiger partial charge on any atom is -0.477 e. The minimum atomic E-state index is -1.31. The van der Waals surface area contributed by atoms with Gasteiger partial charge in [0.1, 0.15) is 5.56 Å². The smallest absolute Gasteiger partial charge is 0.341 e. The molecule has 0 saturated carbocycles. The molecule has 2 rings (SSSR count). The average Bonchev–Trinajstić information content (AvgIpc) is 2.32. The maximum absolute atomic E-state index is 11.6. The molecule has 1 heterocycles. The number of aromatic carboxylic acids is 1. The van der Waals surface area contributed by atoms with Crippen LogP contribution in [-0.2, 0) is 7.05 Å². The van der Waals surface area contributed by atoms with Gasteiger partial charge in [0.25, 0.3) is 5.56 Å². The van der Waals surface area contributed by atoms with Crippen molar-refractivity contribution in [3.63, 3.8) is 0 Å². The van der Waals surface area contributed by atoms with Crippen LogP contribution in [0, 0.1) is 0 Å². The molecular weight excluding hydrogens is 291 g/mol. The second-order valence-electron chi connectivity index (χ2n) is 3.80. The highest BCUT2D eigenvalue weighted by Crippen LogP contribution is 2.28. The zero-order chi connectivity index (χ0) is 14.2. The lowest BCUT2D eigenvalue weighted by molar-refractivity contribution is 0.0694. The topological polar surface area (TPSA) is 72.2 Å². The third-order valence-corrected chi connectivity index (χ3v) is 3.05. The number of aromatic nitrogens is 2. The van der Waals surface area contributed by atoms with Gasteiger partial charge in [-0.15, -0.1) is 0 Å². The van der Waals surface area contributed by atoms with Crippen LogP contribution < -0.4 is 5.56 Å². The molecule has 1 aromatic carbocycles. The summed E-state index contributed by atoms with van der Waals surface area (Å²) in [5.74, 6) is -1.31. The van der Waals surface area contributed by atoms with Crippen molar-refractivity contribution in [2.45, 2.75) is 0 Å². The van der Waals surface area contributed by atoms with Gasteiger partial charge in [-0.05, 0) is 24.3 Å². The van der Waals surface area contributed by atoms with Gasteiger partial charge in [-0.25, -0.2) is 9.48 Å². The molecule has 5 nitrogen and oxygen atoms in total. The summed E-state index contributed by atoms with van der Waals surface area (Å²) in [6.07, 6.45) is 0. The van der Waals surface area contributed by atoms with Crippen LogP contribution in [0.2, 0.25) is 10.0 Å². The van der Waals surface area contributed by atoms with E-state index in [1.54, 1.807) is 12.1 Å². The number of carboxylic acids is 1. The summed E-state index contributed by atoms with van der Waals surface area (Å²) in [6, 6.07) is 5.94. The van der Waals surface area contributed by atoms with E-state index in [1.165, 1.54) is 19.2 Å². The summed E-state index contributed by atoms with van der Waals surface area (Å²) in [6.45, 7) is 0. The Labute approximate surface area is 118 Å². The van der Waals surface area contributed by atoms with Crippen LogP contribution in [-0.4, -0.2) is 20.9 Å². The quantitative estimate of drug-likeness (QED) is 0.924. The van der Waals surface area contributed by atoms with Crippen molar-refractivity contribution in [1.29, 1.82) is 0 Å². The van der Waals surface area contributed by atoms with Crippen LogP contribution in [0.5, 0.6) is 0 Å². The van der Waals surface area contributed by atoms with E-state index < -0.39 is 11.5 Å². The molecule has 0 atom stereocenters. The van der Waals surface area contributed by atoms with E-state index in [0.29, 0.717) is 21.3 Å². The van der Waals surface area contributed by atoms with E-state index in [-0.39, 0.29) is 5.56 Å². The second kappa shape index (κ2) is 5.03. The van der Waals surface area contributed by atoms with Gasteiger partial charge in [-0.3, -0.25) is 4.79 Å². The van der Waals surface area contributed by atoms with Crippen molar-refractivity contribution in [3.8, 4) is 11.3 Å². The highest BCUT2D eigenvalue weighted by Gasteiger charge is 2.15. The summed E-state index contributed by atoms with van der Waals surface area (Å²) >= 11 is 11.8. The number of carbonyl (C=O) groups is 1. The maximum atomic E-state index is 11.6. The summed E-state index contributed by atoms with van der Waals surface area (Å²) in [4.78, 5) is 22.6. The van der Waals surface area contributed by atoms with E-state index >= 15 is 0 Å². The predicted octanol–water partition coefficient (Wildman–Crippen LogP) is 2.45. The van der Waals surface area contributed by atoms with Gasteiger partial charge in [-0.1, -0.05) is 23.2 Å². The van der Waals surface area contributed by atoms with Gasteiger partial charge in [0, 0.05) is 17.6 Å². The van der Waals surface area contributed by atoms with Crippen LogP contribution in [0.25, 0.3) is 11.3 Å². The monoisotopic (exact) mass is 298 g/mol. The Balaban J connectivity index is 2.70. The highest BCUT2D eigenvalue weighted by atomic mass is 35.5. The number of rotatable bonds is 2. The van der Waals surface area contributed by atoms with Crippen LogP contribution in [0.3, 0.4) is 0 Å². The molecule has 0 amide bonds. The molecule has 7 heteroatoms. The normalized spacial score (nSPS) is 10.5. The Bertz CT molecular complexity index is 725. The van der Waals surface area contributed by atoms with Gasteiger partial charge in [0.15, 0.2) is 0 Å². The molecule has 0 saturated heterocycles. The number of aryl methyl sites for hydroxylation is 1. The van der Waals surface area contributed by atoms with E-state index in [4.69, 9.17) is 28.3 Å². The van der Waals surface area contributed by atoms with Gasteiger partial charge in [0.2, 0.25) is 0 Å². The predicted molar refractivity (Wildman–Crippen MR) is 71.9 cm³/mol. The first-order valence-corrected chi connectivity index (χ1v) is 5.93. The molecule has 0 bridgehead atoms. The molecule has 0 unspecified atom stereocenters. The van der Waals surface area contributed by atoms with E-state index in [9.17, 15) is 9.59 Å². The van der Waals surface area contributed by atoms with Crippen LogP contribution in [0.4, 0.5) is 0 Å². The number of benzene rings is 1. The van der Waals surface area contributed by atoms with Crippen molar-refractivity contribution >= 4 is 29.2 Å². The Morgan fingerprint density at radius 3 is 2.58 bits per heavy atom. The molecule has 0 spiro atoms. The SMILES string of the molecule is Cn1nc(-c2ccc(Cl)cc2Cl)cc(C(=O)O)c1=O. The van der Waals surface area contributed by atoms with Gasteiger partial charge < -0.3 is 5.11 Å². The summed E-state index contributed by atoms with van der Waals surface area (Å²) in [5.41, 5.74) is -0.245. The van der Waals surface area contributed by atoms with Gasteiger partial charge >= 0.3 is 5.97 Å². The van der Waals surface area contributed by atoms with Crippen molar-refractivity contribution in [3.05, 3.63) is 50.2 Å². The molecule has 0 aliphatic rings. The first-order valence-electron chi connectivity index (χ1n) is 5.17. The minimum absolute atomic E-state index is 0.293. The largest absolute Gasteiger partial charge is 0.477 e. The molecule has 19 heavy (non-hydrogen) atoms. The molecule has 0 radical (unpaired) electrons. The number of nitrogens with zero attached hydrogens (tertiary/aromatic N) is 2. The molecule has 1 N–H and O–H groups in total. The zero-order valence-corrected chi connectivity index (χ0v) is 11.2. The third-order valence-electron chi connectivity index (χ3n) is 2.50. The molecule has 2 aromatic rings. The maximum Gasteiger partial charge on any atom is 0.341 e. The van der Waals surface area contributed by atoms with Crippen LogP contribution in [0.15, 0.2) is 29.1 Å². The number of hydrogen-bond acceptors (Lipinski definition) is 3. The number of hydrogen-bond donors (Lipinski definition) is 1. The standard InChI is InChI=1S/C12H8Cl2N2O3/c1-16-11(17)8(12(18)19)5-10(15-16)7-3-2-6(13)4-9(7)14/h2-5H,1H3,(H,18,19). The summed E-state index contributed by atoms with van der Waals surface area (Å²) < 4.78 is 0.962. The van der Waals surface area contributed by atoms with Crippen LogP contribution in [0.1, 0.15) is 10.4 Å². The van der Waals surface area contributed by atoms with Gasteiger partial charge in [0.05, 0.1) is 10.7 Å².